The van der Waals surface area contributed by atoms with E-state index in [2.05, 4.69) is 0 Å². The summed E-state index contributed by atoms with van der Waals surface area (Å²) in [7, 11) is 0. The topological polar surface area (TPSA) is 104 Å². The molecule has 2 N–H and O–H groups in total. The molecule has 1 fully saturated rings. The van der Waals surface area contributed by atoms with Gasteiger partial charge in [0.15, 0.2) is 0 Å². The van der Waals surface area contributed by atoms with Crippen molar-refractivity contribution in [3.63, 3.8) is 0 Å². The summed E-state index contributed by atoms with van der Waals surface area (Å²) >= 11 is 0. The number of nitrogens with zero attached hydrogens (tertiary/aromatic N) is 2. The molecule has 152 valence electrons. The van der Waals surface area contributed by atoms with Crippen molar-refractivity contribution in [2.24, 2.45) is 0 Å². The van der Waals surface area contributed by atoms with E-state index in [1.54, 1.807) is 25.1 Å². The molecule has 7 nitrogen and oxygen atoms in total. The molecule has 0 saturated heterocycles. The van der Waals surface area contributed by atoms with Crippen molar-refractivity contribution >= 4 is 17.3 Å². The Hall–Kier alpha value is -3.00. The Balaban J connectivity index is 1.78. The molecule has 0 aromatic heterocycles. The van der Waals surface area contributed by atoms with E-state index in [-0.39, 0.29) is 29.9 Å². The van der Waals surface area contributed by atoms with Crippen LogP contribution in [0.5, 0.6) is 0 Å². The first-order chi connectivity index (χ1) is 13.7. The van der Waals surface area contributed by atoms with Crippen molar-refractivity contribution in [3.8, 4) is 0 Å². The molecule has 0 atom stereocenters. The first-order valence-electron chi connectivity index (χ1n) is 9.44. The van der Waals surface area contributed by atoms with E-state index in [4.69, 9.17) is 0 Å². The first kappa shape index (κ1) is 19.3. The first-order valence-corrected chi connectivity index (χ1v) is 9.44. The molecule has 2 aromatic carbocycles. The molecule has 1 saturated carbocycles. The van der Waals surface area contributed by atoms with Gasteiger partial charge in [-0.05, 0) is 61.6 Å². The lowest BCUT2D eigenvalue weighted by molar-refractivity contribution is -0.386. The second-order valence-corrected chi connectivity index (χ2v) is 7.95. The van der Waals surface area contributed by atoms with Crippen LogP contribution in [0.2, 0.25) is 0 Å². The van der Waals surface area contributed by atoms with Gasteiger partial charge in [0.2, 0.25) is 0 Å². The van der Waals surface area contributed by atoms with Gasteiger partial charge in [-0.15, -0.1) is 0 Å². The minimum Gasteiger partial charge on any atom is -0.481 e. The van der Waals surface area contributed by atoms with Gasteiger partial charge in [0.25, 0.3) is 5.69 Å². The van der Waals surface area contributed by atoms with Crippen LogP contribution < -0.4 is 4.90 Å². The second kappa shape index (κ2) is 6.81. The Morgan fingerprint density at radius 3 is 2.62 bits per heavy atom. The van der Waals surface area contributed by atoms with E-state index in [1.807, 2.05) is 4.90 Å². The highest BCUT2D eigenvalue weighted by molar-refractivity contribution is 5.86. The molecule has 0 radical (unpaired) electrons. The molecular formula is C21H21FN2O5. The Morgan fingerprint density at radius 1 is 1.28 bits per heavy atom. The lowest BCUT2D eigenvalue weighted by atomic mass is 9.62. The van der Waals surface area contributed by atoms with E-state index in [9.17, 15) is 29.5 Å². The number of hydrogen-bond acceptors (Lipinski definition) is 5. The third-order valence-corrected chi connectivity index (χ3v) is 6.11. The number of benzene rings is 2. The maximum Gasteiger partial charge on any atom is 0.314 e. The van der Waals surface area contributed by atoms with Gasteiger partial charge in [0, 0.05) is 29.9 Å². The number of carbonyl (C=O) groups is 1. The molecule has 1 aliphatic heterocycles. The van der Waals surface area contributed by atoms with Crippen LogP contribution in [0.25, 0.3) is 0 Å². The number of aliphatic hydroxyl groups is 1. The maximum absolute atomic E-state index is 13.5. The second-order valence-electron chi connectivity index (χ2n) is 7.95. The number of aliphatic carboxylic acids is 1. The van der Waals surface area contributed by atoms with Gasteiger partial charge in [0.1, 0.15) is 11.2 Å². The van der Waals surface area contributed by atoms with Gasteiger partial charge < -0.3 is 15.1 Å². The standard InChI is InChI=1S/C21H21FN2O5/c1-12-6-16(23-5-4-13-7-15(22)3-2-14(13)11-23)8-18(19(12)24(28)29)21(20(26)27)9-17(25)10-21/h2-3,6-8,17,25H,4-5,9-11H2,1H3,(H,26,27). The molecule has 2 aliphatic rings. The van der Waals surface area contributed by atoms with Crippen LogP contribution in [-0.4, -0.2) is 33.8 Å². The van der Waals surface area contributed by atoms with Gasteiger partial charge in [-0.1, -0.05) is 6.07 Å². The minimum atomic E-state index is -1.46. The molecule has 0 amide bonds. The minimum absolute atomic E-state index is 0.0474. The Bertz CT molecular complexity index is 1020. The largest absolute Gasteiger partial charge is 0.481 e. The number of halogens is 1. The number of carboxylic acids is 1. The van der Waals surface area contributed by atoms with Gasteiger partial charge in [-0.2, -0.15) is 0 Å². The molecule has 2 aromatic rings. The van der Waals surface area contributed by atoms with E-state index in [1.165, 1.54) is 12.1 Å². The SMILES string of the molecule is Cc1cc(N2CCc3cc(F)ccc3C2)cc(C2(C(=O)O)CC(O)C2)c1[N+](=O)[O-]. The normalized spacial score (nSPS) is 23.3. The Morgan fingerprint density at radius 2 is 2.00 bits per heavy atom. The van der Waals surface area contributed by atoms with E-state index in [0.29, 0.717) is 30.8 Å². The third kappa shape index (κ3) is 3.13. The molecule has 4 rings (SSSR count). The fraction of sp³-hybridized carbons (Fsp3) is 0.381. The number of nitro benzene ring substituents is 1. The van der Waals surface area contributed by atoms with Crippen LogP contribution in [0.15, 0.2) is 30.3 Å². The zero-order valence-electron chi connectivity index (χ0n) is 15.9. The van der Waals surface area contributed by atoms with Crippen molar-refractivity contribution in [2.75, 3.05) is 11.4 Å². The molecule has 1 heterocycles. The summed E-state index contributed by atoms with van der Waals surface area (Å²) in [6.45, 7) is 2.70. The number of anilines is 1. The van der Waals surface area contributed by atoms with Crippen molar-refractivity contribution in [1.29, 1.82) is 0 Å². The van der Waals surface area contributed by atoms with Gasteiger partial charge in [-0.3, -0.25) is 14.9 Å². The molecule has 8 heteroatoms. The number of nitro groups is 1. The van der Waals surface area contributed by atoms with E-state index >= 15 is 0 Å². The molecule has 0 unspecified atom stereocenters. The van der Waals surface area contributed by atoms with Gasteiger partial charge >= 0.3 is 5.97 Å². The van der Waals surface area contributed by atoms with E-state index < -0.39 is 22.4 Å². The number of carboxylic acid groups (broad SMARTS) is 1. The third-order valence-electron chi connectivity index (χ3n) is 6.11. The van der Waals surface area contributed by atoms with Crippen LogP contribution in [0.1, 0.15) is 35.1 Å². The maximum atomic E-state index is 13.5. The summed E-state index contributed by atoms with van der Waals surface area (Å²) in [6.07, 6.45) is -0.254. The fourth-order valence-corrected chi connectivity index (χ4v) is 4.55. The summed E-state index contributed by atoms with van der Waals surface area (Å²) in [5, 5.41) is 31.3. The predicted octanol–water partition coefficient (Wildman–Crippen LogP) is 3.08. The zero-order valence-corrected chi connectivity index (χ0v) is 15.9. The highest BCUT2D eigenvalue weighted by Crippen LogP contribution is 2.49. The van der Waals surface area contributed by atoms with Crippen molar-refractivity contribution in [1.82, 2.24) is 0 Å². The zero-order chi connectivity index (χ0) is 20.9. The summed E-state index contributed by atoms with van der Waals surface area (Å²) in [6, 6.07) is 7.94. The summed E-state index contributed by atoms with van der Waals surface area (Å²) in [4.78, 5) is 25.2. The van der Waals surface area contributed by atoms with Crippen LogP contribution in [-0.2, 0) is 23.2 Å². The van der Waals surface area contributed by atoms with Crippen LogP contribution >= 0.6 is 0 Å². The van der Waals surface area contributed by atoms with Crippen molar-refractivity contribution < 1.29 is 24.3 Å². The molecule has 0 spiro atoms. The Kier molecular flexibility index (Phi) is 4.53. The number of fused-ring (bicyclic) bond motifs is 1. The van der Waals surface area contributed by atoms with E-state index in [0.717, 1.165) is 11.1 Å². The molecule has 0 bridgehead atoms. The van der Waals surface area contributed by atoms with Crippen LogP contribution in [0, 0.1) is 22.9 Å². The summed E-state index contributed by atoms with van der Waals surface area (Å²) in [5.74, 6) is -1.44. The van der Waals surface area contributed by atoms with Gasteiger partial charge in [-0.25, -0.2) is 4.39 Å². The smallest absolute Gasteiger partial charge is 0.314 e. The van der Waals surface area contributed by atoms with Crippen LogP contribution in [0.4, 0.5) is 15.8 Å². The highest BCUT2D eigenvalue weighted by atomic mass is 19.1. The molecule has 29 heavy (non-hydrogen) atoms. The summed E-state index contributed by atoms with van der Waals surface area (Å²) < 4.78 is 13.5. The number of hydrogen-bond donors (Lipinski definition) is 2. The number of aliphatic hydroxyl groups excluding tert-OH is 1. The summed E-state index contributed by atoms with van der Waals surface area (Å²) in [5.41, 5.74) is 1.46. The lowest BCUT2D eigenvalue weighted by Gasteiger charge is -2.42. The number of rotatable bonds is 4. The predicted molar refractivity (Wildman–Crippen MR) is 104 cm³/mol. The molecule has 1 aliphatic carbocycles. The highest BCUT2D eigenvalue weighted by Gasteiger charge is 2.54. The average Bonchev–Trinajstić information content (AvgIpc) is 2.63. The number of aryl methyl sites for hydroxylation is 1. The van der Waals surface area contributed by atoms with Crippen molar-refractivity contribution in [2.45, 2.75) is 44.2 Å². The Labute approximate surface area is 166 Å². The quantitative estimate of drug-likeness (QED) is 0.604. The lowest BCUT2D eigenvalue weighted by Crippen LogP contribution is -2.51. The van der Waals surface area contributed by atoms with Crippen molar-refractivity contribution in [3.05, 3.63) is 68.5 Å². The van der Waals surface area contributed by atoms with Crippen LogP contribution in [0.3, 0.4) is 0 Å². The fourth-order valence-electron chi connectivity index (χ4n) is 4.55. The average molecular weight is 400 g/mol. The van der Waals surface area contributed by atoms with Gasteiger partial charge in [0.05, 0.1) is 11.0 Å². The molecular weight excluding hydrogens is 379 g/mol. The monoisotopic (exact) mass is 400 g/mol.